The zero-order valence-corrected chi connectivity index (χ0v) is 7.88. The first-order valence-corrected chi connectivity index (χ1v) is 4.37. The van der Waals surface area contributed by atoms with Gasteiger partial charge in [-0.3, -0.25) is 4.79 Å². The van der Waals surface area contributed by atoms with E-state index in [1.54, 1.807) is 12.1 Å². The predicted molar refractivity (Wildman–Crippen MR) is 52.2 cm³/mol. The van der Waals surface area contributed by atoms with E-state index in [0.717, 1.165) is 5.52 Å². The Bertz CT molecular complexity index is 493. The average molecular weight is 211 g/mol. The maximum absolute atomic E-state index is 11.0. The highest BCUT2D eigenvalue weighted by Crippen LogP contribution is 2.18. The monoisotopic (exact) mass is 210 g/mol. The first-order valence-electron chi connectivity index (χ1n) is 3.99. The maximum Gasteiger partial charge on any atom is 0.252 e. The summed E-state index contributed by atoms with van der Waals surface area (Å²) in [5, 5.41) is 8.43. The second-order valence-electron chi connectivity index (χ2n) is 2.86. The van der Waals surface area contributed by atoms with Gasteiger partial charge in [0.25, 0.3) is 5.24 Å². The minimum absolute atomic E-state index is 0.219. The first kappa shape index (κ1) is 9.18. The molecule has 0 radical (unpaired) electrons. The third-order valence-electron chi connectivity index (χ3n) is 2.03. The molecule has 2 rings (SSSR count). The molecule has 0 unspecified atom stereocenters. The zero-order chi connectivity index (χ0) is 10.1. The largest absolute Gasteiger partial charge is 0.392 e. The first-order chi connectivity index (χ1) is 6.72. The molecule has 0 saturated carbocycles. The summed E-state index contributed by atoms with van der Waals surface area (Å²) in [6.45, 7) is -0.219. The van der Waals surface area contributed by atoms with Crippen molar-refractivity contribution in [2.45, 2.75) is 6.61 Å². The summed E-state index contributed by atoms with van der Waals surface area (Å²) in [6, 6.07) is 3.23. The van der Waals surface area contributed by atoms with Gasteiger partial charge in [0.05, 0.1) is 24.0 Å². The molecule has 1 aromatic carbocycles. The van der Waals surface area contributed by atoms with Crippen molar-refractivity contribution >= 4 is 27.9 Å². The van der Waals surface area contributed by atoms with E-state index >= 15 is 0 Å². The number of carbonyl (C=O) groups is 1. The number of aliphatic hydroxyl groups is 1. The Kier molecular flexibility index (Phi) is 2.23. The summed E-state index contributed by atoms with van der Waals surface area (Å²) in [6.07, 6.45) is 1.52. The highest BCUT2D eigenvalue weighted by molar-refractivity contribution is 6.68. The minimum Gasteiger partial charge on any atom is -0.392 e. The zero-order valence-electron chi connectivity index (χ0n) is 7.12. The Morgan fingerprint density at radius 2 is 2.36 bits per heavy atom. The number of benzene rings is 1. The molecule has 0 fully saturated rings. The van der Waals surface area contributed by atoms with Crippen molar-refractivity contribution in [1.29, 1.82) is 0 Å². The molecule has 0 aliphatic carbocycles. The van der Waals surface area contributed by atoms with Gasteiger partial charge in [-0.25, -0.2) is 4.98 Å². The third-order valence-corrected chi connectivity index (χ3v) is 2.23. The van der Waals surface area contributed by atoms with Gasteiger partial charge < -0.3 is 10.1 Å². The molecule has 1 aromatic heterocycles. The van der Waals surface area contributed by atoms with Gasteiger partial charge in [0.1, 0.15) is 0 Å². The number of H-pyrrole nitrogens is 1. The van der Waals surface area contributed by atoms with Gasteiger partial charge in [-0.2, -0.15) is 0 Å². The van der Waals surface area contributed by atoms with E-state index in [1.165, 1.54) is 6.33 Å². The third kappa shape index (κ3) is 1.38. The second-order valence-corrected chi connectivity index (χ2v) is 3.20. The van der Waals surface area contributed by atoms with Crippen molar-refractivity contribution < 1.29 is 9.90 Å². The van der Waals surface area contributed by atoms with Crippen LogP contribution in [0, 0.1) is 0 Å². The standard InChI is InChI=1S/C9H7ClN2O2/c10-9(14)6-2-8-7(11-4-12-8)1-5(6)3-13/h1-2,4,13H,3H2,(H,11,12). The number of rotatable bonds is 2. The molecule has 0 aliphatic rings. The second kappa shape index (κ2) is 3.40. The van der Waals surface area contributed by atoms with E-state index in [4.69, 9.17) is 16.7 Å². The van der Waals surface area contributed by atoms with Gasteiger partial charge >= 0.3 is 0 Å². The van der Waals surface area contributed by atoms with Gasteiger partial charge in [0, 0.05) is 5.56 Å². The number of imidazole rings is 1. The molecular formula is C9H7ClN2O2. The topological polar surface area (TPSA) is 66.0 Å². The van der Waals surface area contributed by atoms with E-state index in [0.29, 0.717) is 16.6 Å². The molecule has 4 nitrogen and oxygen atoms in total. The normalized spacial score (nSPS) is 10.7. The van der Waals surface area contributed by atoms with Gasteiger partial charge in [-0.1, -0.05) is 0 Å². The van der Waals surface area contributed by atoms with Crippen LogP contribution in [0.25, 0.3) is 11.0 Å². The average Bonchev–Trinajstić information content (AvgIpc) is 2.62. The Morgan fingerprint density at radius 1 is 1.57 bits per heavy atom. The molecule has 0 spiro atoms. The van der Waals surface area contributed by atoms with Gasteiger partial charge in [-0.05, 0) is 29.3 Å². The number of nitrogens with zero attached hydrogens (tertiary/aromatic N) is 1. The summed E-state index contributed by atoms with van der Waals surface area (Å²) in [4.78, 5) is 17.9. The van der Waals surface area contributed by atoms with Gasteiger partial charge in [0.15, 0.2) is 0 Å². The molecule has 0 atom stereocenters. The molecule has 0 bridgehead atoms. The number of carbonyl (C=O) groups excluding carboxylic acids is 1. The van der Waals surface area contributed by atoms with Crippen LogP contribution in [0.2, 0.25) is 0 Å². The number of halogens is 1. The predicted octanol–water partition coefficient (Wildman–Crippen LogP) is 1.43. The summed E-state index contributed by atoms with van der Waals surface area (Å²) in [5.74, 6) is 0. The number of nitrogens with one attached hydrogen (secondary N) is 1. The van der Waals surface area contributed by atoms with Crippen LogP contribution in [0.4, 0.5) is 0 Å². The molecular weight excluding hydrogens is 204 g/mol. The lowest BCUT2D eigenvalue weighted by atomic mass is 10.1. The highest BCUT2D eigenvalue weighted by Gasteiger charge is 2.10. The number of aliphatic hydroxyl groups excluding tert-OH is 1. The molecule has 5 heteroatoms. The number of hydrogen-bond donors (Lipinski definition) is 2. The van der Waals surface area contributed by atoms with Crippen LogP contribution in [0.1, 0.15) is 15.9 Å². The summed E-state index contributed by atoms with van der Waals surface area (Å²) < 4.78 is 0. The molecule has 72 valence electrons. The van der Waals surface area contributed by atoms with E-state index in [1.807, 2.05) is 0 Å². The number of aromatic nitrogens is 2. The molecule has 2 aromatic rings. The molecule has 0 saturated heterocycles. The SMILES string of the molecule is O=C(Cl)c1cc2nc[nH]c2cc1CO. The van der Waals surface area contributed by atoms with Crippen LogP contribution in [0.5, 0.6) is 0 Å². The molecule has 14 heavy (non-hydrogen) atoms. The van der Waals surface area contributed by atoms with Crippen molar-refractivity contribution in [2.75, 3.05) is 0 Å². The van der Waals surface area contributed by atoms with Crippen molar-refractivity contribution in [2.24, 2.45) is 0 Å². The van der Waals surface area contributed by atoms with Crippen LogP contribution in [0.3, 0.4) is 0 Å². The van der Waals surface area contributed by atoms with Crippen LogP contribution >= 0.6 is 11.6 Å². The molecule has 1 heterocycles. The van der Waals surface area contributed by atoms with Crippen LogP contribution in [-0.2, 0) is 6.61 Å². The Labute approximate surface area is 84.5 Å². The van der Waals surface area contributed by atoms with E-state index in [9.17, 15) is 4.79 Å². The minimum atomic E-state index is -0.584. The quantitative estimate of drug-likeness (QED) is 0.737. The van der Waals surface area contributed by atoms with Crippen molar-refractivity contribution in [3.63, 3.8) is 0 Å². The van der Waals surface area contributed by atoms with Gasteiger partial charge in [0.2, 0.25) is 0 Å². The van der Waals surface area contributed by atoms with Crippen LogP contribution < -0.4 is 0 Å². The Morgan fingerprint density at radius 3 is 3.00 bits per heavy atom. The molecule has 0 amide bonds. The molecule has 2 N–H and O–H groups in total. The van der Waals surface area contributed by atoms with E-state index in [-0.39, 0.29) is 6.61 Å². The summed E-state index contributed by atoms with van der Waals surface area (Å²) in [5.41, 5.74) is 2.23. The van der Waals surface area contributed by atoms with Crippen molar-refractivity contribution in [3.05, 3.63) is 29.6 Å². The van der Waals surface area contributed by atoms with Crippen molar-refractivity contribution in [3.8, 4) is 0 Å². The lowest BCUT2D eigenvalue weighted by Crippen LogP contribution is -1.97. The smallest absolute Gasteiger partial charge is 0.252 e. The van der Waals surface area contributed by atoms with Crippen LogP contribution in [0.15, 0.2) is 18.5 Å². The number of aromatic amines is 1. The summed E-state index contributed by atoms with van der Waals surface area (Å²) in [7, 11) is 0. The highest BCUT2D eigenvalue weighted by atomic mass is 35.5. The Balaban J connectivity index is 2.72. The van der Waals surface area contributed by atoms with Gasteiger partial charge in [-0.15, -0.1) is 0 Å². The fourth-order valence-electron chi connectivity index (χ4n) is 1.34. The van der Waals surface area contributed by atoms with Crippen LogP contribution in [-0.4, -0.2) is 20.3 Å². The van der Waals surface area contributed by atoms with E-state index in [2.05, 4.69) is 9.97 Å². The lowest BCUT2D eigenvalue weighted by Gasteiger charge is -2.02. The summed E-state index contributed by atoms with van der Waals surface area (Å²) >= 11 is 5.37. The molecule has 0 aliphatic heterocycles. The number of fused-ring (bicyclic) bond motifs is 1. The maximum atomic E-state index is 11.0. The Hall–Kier alpha value is -1.39. The lowest BCUT2D eigenvalue weighted by molar-refractivity contribution is 0.107. The number of hydrogen-bond acceptors (Lipinski definition) is 3. The van der Waals surface area contributed by atoms with E-state index < -0.39 is 5.24 Å². The fraction of sp³-hybridized carbons (Fsp3) is 0.111. The fourth-order valence-corrected chi connectivity index (χ4v) is 1.52. The van der Waals surface area contributed by atoms with Crippen molar-refractivity contribution in [1.82, 2.24) is 9.97 Å².